The van der Waals surface area contributed by atoms with Crippen LogP contribution < -0.4 is 0 Å². The van der Waals surface area contributed by atoms with Crippen LogP contribution in [0.5, 0.6) is 0 Å². The van der Waals surface area contributed by atoms with E-state index < -0.39 is 0 Å². The average Bonchev–Trinajstić information content (AvgIpc) is 3.20. The quantitative estimate of drug-likeness (QED) is 0.766. The third-order valence-corrected chi connectivity index (χ3v) is 6.43. The Balaban J connectivity index is 1.33. The molecule has 6 nitrogen and oxygen atoms in total. The van der Waals surface area contributed by atoms with Gasteiger partial charge in [-0.05, 0) is 31.5 Å². The van der Waals surface area contributed by atoms with Gasteiger partial charge in [0.25, 0.3) is 5.91 Å². The molecule has 2 aliphatic heterocycles. The zero-order valence-corrected chi connectivity index (χ0v) is 18.2. The number of aryl methyl sites for hydroxylation is 1. The van der Waals surface area contributed by atoms with Crippen LogP contribution >= 0.6 is 0 Å². The van der Waals surface area contributed by atoms with Gasteiger partial charge in [-0.2, -0.15) is 0 Å². The summed E-state index contributed by atoms with van der Waals surface area (Å²) in [6, 6.07) is 17.4. The Morgan fingerprint density at radius 2 is 1.52 bits per heavy atom. The number of likely N-dealkylation sites (tertiary alicyclic amines) is 1. The fraction of sp³-hybridized carbons (Fsp3) is 0.400. The molecule has 4 rings (SSSR count). The lowest BCUT2D eigenvalue weighted by atomic mass is 10.1. The van der Waals surface area contributed by atoms with E-state index in [9.17, 15) is 14.4 Å². The van der Waals surface area contributed by atoms with Gasteiger partial charge < -0.3 is 14.7 Å². The Morgan fingerprint density at radius 1 is 0.903 bits per heavy atom. The first-order valence-electron chi connectivity index (χ1n) is 10.9. The van der Waals surface area contributed by atoms with Crippen LogP contribution in [0.3, 0.4) is 0 Å². The molecular formula is C25H29N3O3. The Bertz CT molecular complexity index is 950. The van der Waals surface area contributed by atoms with Gasteiger partial charge in [0.05, 0.1) is 12.0 Å². The van der Waals surface area contributed by atoms with Crippen molar-refractivity contribution in [1.82, 2.24) is 14.7 Å². The third kappa shape index (κ3) is 4.48. The van der Waals surface area contributed by atoms with Gasteiger partial charge in [0.2, 0.25) is 11.8 Å². The predicted octanol–water partition coefficient (Wildman–Crippen LogP) is 2.89. The number of piperazine rings is 1. The van der Waals surface area contributed by atoms with Crippen molar-refractivity contribution in [1.29, 1.82) is 0 Å². The van der Waals surface area contributed by atoms with Crippen molar-refractivity contribution in [2.75, 3.05) is 32.7 Å². The highest BCUT2D eigenvalue weighted by Crippen LogP contribution is 2.29. The van der Waals surface area contributed by atoms with E-state index in [-0.39, 0.29) is 36.1 Å². The second-order valence-electron chi connectivity index (χ2n) is 8.52. The topological polar surface area (TPSA) is 60.9 Å². The van der Waals surface area contributed by atoms with E-state index in [1.165, 1.54) is 0 Å². The number of hydrogen-bond acceptors (Lipinski definition) is 3. The summed E-state index contributed by atoms with van der Waals surface area (Å²) in [5.74, 6) is -0.245. The highest BCUT2D eigenvalue weighted by molar-refractivity contribution is 5.94. The van der Waals surface area contributed by atoms with Crippen LogP contribution in [0.25, 0.3) is 0 Å². The minimum absolute atomic E-state index is 0.00556. The van der Waals surface area contributed by atoms with Crippen molar-refractivity contribution in [3.8, 4) is 0 Å². The first-order chi connectivity index (χ1) is 14.9. The fourth-order valence-corrected chi connectivity index (χ4v) is 4.45. The van der Waals surface area contributed by atoms with Gasteiger partial charge >= 0.3 is 0 Å². The smallest absolute Gasteiger partial charge is 0.253 e. The molecule has 2 aromatic carbocycles. The molecule has 0 radical (unpaired) electrons. The van der Waals surface area contributed by atoms with E-state index in [1.54, 1.807) is 4.90 Å². The van der Waals surface area contributed by atoms with Gasteiger partial charge in [-0.1, -0.05) is 48.0 Å². The van der Waals surface area contributed by atoms with Gasteiger partial charge in [0, 0.05) is 44.7 Å². The highest BCUT2D eigenvalue weighted by Gasteiger charge is 2.39. The molecule has 2 fully saturated rings. The van der Waals surface area contributed by atoms with Crippen LogP contribution in [-0.2, 0) is 9.59 Å². The van der Waals surface area contributed by atoms with E-state index in [4.69, 9.17) is 0 Å². The van der Waals surface area contributed by atoms with E-state index in [0.29, 0.717) is 38.3 Å². The van der Waals surface area contributed by atoms with Crippen molar-refractivity contribution in [3.05, 3.63) is 71.3 Å². The van der Waals surface area contributed by atoms with Crippen molar-refractivity contribution in [3.63, 3.8) is 0 Å². The molecule has 0 aromatic heterocycles. The van der Waals surface area contributed by atoms with Crippen molar-refractivity contribution in [2.45, 2.75) is 26.3 Å². The first-order valence-corrected chi connectivity index (χ1v) is 10.9. The van der Waals surface area contributed by atoms with Gasteiger partial charge in [-0.25, -0.2) is 0 Å². The summed E-state index contributed by atoms with van der Waals surface area (Å²) < 4.78 is 0. The van der Waals surface area contributed by atoms with Crippen molar-refractivity contribution < 1.29 is 14.4 Å². The van der Waals surface area contributed by atoms with Gasteiger partial charge in [-0.3, -0.25) is 14.4 Å². The molecule has 2 aliphatic rings. The highest BCUT2D eigenvalue weighted by atomic mass is 16.2. The molecule has 162 valence electrons. The van der Waals surface area contributed by atoms with Gasteiger partial charge in [-0.15, -0.1) is 0 Å². The molecule has 2 unspecified atom stereocenters. The molecule has 0 saturated carbocycles. The maximum absolute atomic E-state index is 13.1. The molecule has 6 heteroatoms. The van der Waals surface area contributed by atoms with Crippen molar-refractivity contribution >= 4 is 17.7 Å². The van der Waals surface area contributed by atoms with Crippen LogP contribution in [0, 0.1) is 12.8 Å². The Morgan fingerprint density at radius 3 is 2.16 bits per heavy atom. The number of benzene rings is 2. The number of hydrogen-bond donors (Lipinski definition) is 0. The largest absolute Gasteiger partial charge is 0.339 e. The van der Waals surface area contributed by atoms with Gasteiger partial charge in [0.1, 0.15) is 0 Å². The molecule has 0 spiro atoms. The number of amides is 3. The van der Waals surface area contributed by atoms with E-state index >= 15 is 0 Å². The maximum Gasteiger partial charge on any atom is 0.253 e. The molecule has 2 atom stereocenters. The second-order valence-corrected chi connectivity index (χ2v) is 8.52. The molecule has 0 aliphatic carbocycles. The lowest BCUT2D eigenvalue weighted by Gasteiger charge is -2.36. The second kappa shape index (κ2) is 8.92. The molecule has 3 amide bonds. The first kappa shape index (κ1) is 21.1. The Hall–Kier alpha value is -3.15. The Labute approximate surface area is 183 Å². The van der Waals surface area contributed by atoms with Crippen LogP contribution in [0.1, 0.15) is 40.9 Å². The summed E-state index contributed by atoms with van der Waals surface area (Å²) in [6.07, 6.45) is 0.262. The normalized spacial score (nSPS) is 20.1. The lowest BCUT2D eigenvalue weighted by Crippen LogP contribution is -2.52. The van der Waals surface area contributed by atoms with Crippen LogP contribution in [0.2, 0.25) is 0 Å². The van der Waals surface area contributed by atoms with Crippen molar-refractivity contribution in [2.24, 2.45) is 5.92 Å². The number of nitrogens with zero attached hydrogens (tertiary/aromatic N) is 3. The maximum atomic E-state index is 13.1. The Kier molecular flexibility index (Phi) is 6.07. The SMILES string of the molecule is Cc1ccc(C(=O)N2CCN(C(=O)C3CC(=O)N(C(C)c4ccccc4)C3)CC2)cc1. The third-order valence-electron chi connectivity index (χ3n) is 6.43. The molecule has 2 saturated heterocycles. The average molecular weight is 420 g/mol. The molecule has 2 aromatic rings. The molecule has 2 heterocycles. The number of carbonyl (C=O) groups excluding carboxylic acids is 3. The van der Waals surface area contributed by atoms with Crippen LogP contribution in [0.15, 0.2) is 54.6 Å². The summed E-state index contributed by atoms with van der Waals surface area (Å²) in [5.41, 5.74) is 2.87. The lowest BCUT2D eigenvalue weighted by molar-refractivity contribution is -0.137. The van der Waals surface area contributed by atoms with E-state index in [1.807, 2.05) is 78.2 Å². The summed E-state index contributed by atoms with van der Waals surface area (Å²) in [7, 11) is 0. The minimum atomic E-state index is -0.307. The molecule has 0 bridgehead atoms. The van der Waals surface area contributed by atoms with E-state index in [2.05, 4.69) is 0 Å². The number of rotatable bonds is 4. The molecular weight excluding hydrogens is 390 g/mol. The summed E-state index contributed by atoms with van der Waals surface area (Å²) in [5, 5.41) is 0. The predicted molar refractivity (Wildman–Crippen MR) is 118 cm³/mol. The standard InChI is InChI=1S/C25H29N3O3/c1-18-8-10-21(11-9-18)24(30)26-12-14-27(15-13-26)25(31)22-16-23(29)28(17-22)19(2)20-6-4-3-5-7-20/h3-11,19,22H,12-17H2,1-2H3. The summed E-state index contributed by atoms with van der Waals surface area (Å²) in [4.78, 5) is 43.8. The minimum Gasteiger partial charge on any atom is -0.339 e. The molecule has 31 heavy (non-hydrogen) atoms. The molecule has 0 N–H and O–H groups in total. The van der Waals surface area contributed by atoms with Crippen LogP contribution in [0.4, 0.5) is 0 Å². The number of carbonyl (C=O) groups is 3. The zero-order valence-electron chi connectivity index (χ0n) is 18.2. The van der Waals surface area contributed by atoms with E-state index in [0.717, 1.165) is 11.1 Å². The summed E-state index contributed by atoms with van der Waals surface area (Å²) >= 11 is 0. The monoisotopic (exact) mass is 419 g/mol. The van der Waals surface area contributed by atoms with Crippen LogP contribution in [-0.4, -0.2) is 65.1 Å². The van der Waals surface area contributed by atoms with Gasteiger partial charge in [0.15, 0.2) is 0 Å². The fourth-order valence-electron chi connectivity index (χ4n) is 4.45. The zero-order chi connectivity index (χ0) is 22.0. The summed E-state index contributed by atoms with van der Waals surface area (Å²) in [6.45, 7) is 6.51.